The van der Waals surface area contributed by atoms with E-state index in [0.717, 1.165) is 17.9 Å². The van der Waals surface area contributed by atoms with Crippen LogP contribution in [0.5, 0.6) is 0 Å². The second-order valence-electron chi connectivity index (χ2n) is 3.08. The predicted octanol–water partition coefficient (Wildman–Crippen LogP) is 2.07. The minimum Gasteiger partial charge on any atom is -0.444 e. The van der Waals surface area contributed by atoms with Crippen molar-refractivity contribution in [1.29, 1.82) is 5.26 Å². The van der Waals surface area contributed by atoms with Crippen molar-refractivity contribution in [1.82, 2.24) is 5.32 Å². The van der Waals surface area contributed by atoms with E-state index in [2.05, 4.69) is 16.7 Å². The Morgan fingerprint density at radius 1 is 1.53 bits per heavy atom. The Morgan fingerprint density at radius 3 is 2.73 bits per heavy atom. The molecule has 0 atom stereocenters. The Bertz CT molecular complexity index is 417. The molecule has 0 saturated heterocycles. The van der Waals surface area contributed by atoms with E-state index in [0.29, 0.717) is 16.6 Å². The number of aryl methyl sites for hydroxylation is 1. The average molecular weight is 223 g/mol. The molecule has 2 N–H and O–H groups in total. The zero-order valence-corrected chi connectivity index (χ0v) is 9.79. The summed E-state index contributed by atoms with van der Waals surface area (Å²) < 4.78 is 5.39. The van der Waals surface area contributed by atoms with E-state index in [1.807, 2.05) is 20.8 Å². The van der Waals surface area contributed by atoms with Crippen molar-refractivity contribution in [3.05, 3.63) is 16.9 Å². The summed E-state index contributed by atoms with van der Waals surface area (Å²) in [5.41, 5.74) is 1.35. The normalized spacial score (nSPS) is 9.47. The van der Waals surface area contributed by atoms with Gasteiger partial charge in [0.15, 0.2) is 5.11 Å². The molecule has 1 aromatic heterocycles. The van der Waals surface area contributed by atoms with Gasteiger partial charge in [-0.2, -0.15) is 5.26 Å². The summed E-state index contributed by atoms with van der Waals surface area (Å²) in [4.78, 5) is 0. The number of nitriles is 1. The van der Waals surface area contributed by atoms with Crippen LogP contribution < -0.4 is 10.6 Å². The van der Waals surface area contributed by atoms with Crippen molar-refractivity contribution in [3.63, 3.8) is 0 Å². The average Bonchev–Trinajstić information content (AvgIpc) is 2.42. The highest BCUT2D eigenvalue weighted by Crippen LogP contribution is 2.24. The fourth-order valence-corrected chi connectivity index (χ4v) is 1.39. The highest BCUT2D eigenvalue weighted by Gasteiger charge is 2.14. The van der Waals surface area contributed by atoms with Crippen LogP contribution in [0.2, 0.25) is 0 Å². The van der Waals surface area contributed by atoms with Gasteiger partial charge in [-0.1, -0.05) is 0 Å². The van der Waals surface area contributed by atoms with Gasteiger partial charge < -0.3 is 15.1 Å². The summed E-state index contributed by atoms with van der Waals surface area (Å²) in [5.74, 6) is 1.15. The van der Waals surface area contributed by atoms with Crippen LogP contribution >= 0.6 is 12.2 Å². The van der Waals surface area contributed by atoms with Gasteiger partial charge in [0.1, 0.15) is 17.4 Å². The third kappa shape index (κ3) is 2.48. The first-order valence-corrected chi connectivity index (χ1v) is 5.05. The van der Waals surface area contributed by atoms with Gasteiger partial charge in [-0.05, 0) is 33.0 Å². The molecule has 0 radical (unpaired) electrons. The minimum atomic E-state index is 0.415. The van der Waals surface area contributed by atoms with E-state index in [-0.39, 0.29) is 0 Å². The first-order valence-electron chi connectivity index (χ1n) is 4.65. The summed E-state index contributed by atoms with van der Waals surface area (Å²) in [6.07, 6.45) is 0. The van der Waals surface area contributed by atoms with Gasteiger partial charge in [0.2, 0.25) is 5.88 Å². The van der Waals surface area contributed by atoms with Gasteiger partial charge >= 0.3 is 0 Å². The number of thiocarbonyl (C=S) groups is 1. The number of nitrogens with zero attached hydrogens (tertiary/aromatic N) is 1. The molecule has 5 heteroatoms. The number of rotatable bonds is 2. The standard InChI is InChI=1S/C10H13N3OS/c1-4-12-10(15)13-9-8(5-11)6(2)7(3)14-9/h4H2,1-3H3,(H2,12,13,15). The van der Waals surface area contributed by atoms with Crippen LogP contribution in [0.3, 0.4) is 0 Å². The number of nitrogens with one attached hydrogen (secondary N) is 2. The van der Waals surface area contributed by atoms with Gasteiger partial charge in [0.25, 0.3) is 0 Å². The highest BCUT2D eigenvalue weighted by molar-refractivity contribution is 7.80. The maximum atomic E-state index is 8.94. The molecule has 4 nitrogen and oxygen atoms in total. The first kappa shape index (κ1) is 11.5. The van der Waals surface area contributed by atoms with Gasteiger partial charge in [-0.3, -0.25) is 0 Å². The molecule has 1 aromatic rings. The van der Waals surface area contributed by atoms with Crippen molar-refractivity contribution < 1.29 is 4.42 Å². The van der Waals surface area contributed by atoms with Crippen molar-refractivity contribution in [2.75, 3.05) is 11.9 Å². The summed E-state index contributed by atoms with van der Waals surface area (Å²) in [7, 11) is 0. The second kappa shape index (κ2) is 4.80. The molecule has 80 valence electrons. The third-order valence-electron chi connectivity index (χ3n) is 2.06. The quantitative estimate of drug-likeness (QED) is 0.752. The topological polar surface area (TPSA) is 61.0 Å². The Balaban J connectivity index is 2.91. The first-order chi connectivity index (χ1) is 7.10. The maximum absolute atomic E-state index is 8.94. The molecular weight excluding hydrogens is 210 g/mol. The van der Waals surface area contributed by atoms with E-state index in [1.54, 1.807) is 0 Å². The lowest BCUT2D eigenvalue weighted by atomic mass is 10.2. The lowest BCUT2D eigenvalue weighted by molar-refractivity contribution is 0.549. The molecular formula is C10H13N3OS. The minimum absolute atomic E-state index is 0.415. The molecule has 0 amide bonds. The third-order valence-corrected chi connectivity index (χ3v) is 2.31. The molecule has 0 aromatic carbocycles. The van der Waals surface area contributed by atoms with E-state index in [1.165, 1.54) is 0 Å². The van der Waals surface area contributed by atoms with Crippen LogP contribution in [0.15, 0.2) is 4.42 Å². The molecule has 0 aliphatic carbocycles. The Morgan fingerprint density at radius 2 is 2.20 bits per heavy atom. The van der Waals surface area contributed by atoms with Crippen LogP contribution in [0.1, 0.15) is 23.8 Å². The number of anilines is 1. The molecule has 0 aliphatic rings. The molecule has 0 spiro atoms. The summed E-state index contributed by atoms with van der Waals surface area (Å²) >= 11 is 5.00. The van der Waals surface area contributed by atoms with Crippen molar-refractivity contribution in [3.8, 4) is 6.07 Å². The van der Waals surface area contributed by atoms with E-state index in [9.17, 15) is 0 Å². The largest absolute Gasteiger partial charge is 0.444 e. The second-order valence-corrected chi connectivity index (χ2v) is 3.49. The zero-order valence-electron chi connectivity index (χ0n) is 8.97. The Hall–Kier alpha value is -1.54. The summed E-state index contributed by atoms with van der Waals surface area (Å²) in [6, 6.07) is 2.09. The SMILES string of the molecule is CCNC(=S)Nc1oc(C)c(C)c1C#N. The van der Waals surface area contributed by atoms with Crippen LogP contribution in [-0.4, -0.2) is 11.7 Å². The van der Waals surface area contributed by atoms with Gasteiger partial charge in [-0.15, -0.1) is 0 Å². The molecule has 1 heterocycles. The van der Waals surface area contributed by atoms with Crippen LogP contribution in [0, 0.1) is 25.2 Å². The molecule has 1 rings (SSSR count). The molecule has 0 aliphatic heterocycles. The van der Waals surface area contributed by atoms with Crippen molar-refractivity contribution in [2.45, 2.75) is 20.8 Å². The number of furan rings is 1. The van der Waals surface area contributed by atoms with E-state index >= 15 is 0 Å². The monoisotopic (exact) mass is 223 g/mol. The summed E-state index contributed by atoms with van der Waals surface area (Å²) in [6.45, 7) is 6.33. The van der Waals surface area contributed by atoms with Gasteiger partial charge in [-0.25, -0.2) is 0 Å². The fraction of sp³-hybridized carbons (Fsp3) is 0.400. The van der Waals surface area contributed by atoms with E-state index in [4.69, 9.17) is 21.9 Å². The highest BCUT2D eigenvalue weighted by atomic mass is 32.1. The number of hydrogen-bond donors (Lipinski definition) is 2. The molecule has 0 saturated carbocycles. The van der Waals surface area contributed by atoms with Crippen molar-refractivity contribution in [2.24, 2.45) is 0 Å². The lowest BCUT2D eigenvalue weighted by Gasteiger charge is -2.05. The van der Waals surface area contributed by atoms with Crippen LogP contribution in [-0.2, 0) is 0 Å². The molecule has 0 unspecified atom stereocenters. The van der Waals surface area contributed by atoms with Crippen LogP contribution in [0.4, 0.5) is 5.88 Å². The van der Waals surface area contributed by atoms with Crippen molar-refractivity contribution >= 4 is 23.2 Å². The fourth-order valence-electron chi connectivity index (χ4n) is 1.16. The summed E-state index contributed by atoms with van der Waals surface area (Å²) in [5, 5.41) is 15.2. The number of hydrogen-bond acceptors (Lipinski definition) is 3. The Labute approximate surface area is 94.3 Å². The molecule has 0 bridgehead atoms. The Kier molecular flexibility index (Phi) is 3.69. The van der Waals surface area contributed by atoms with E-state index < -0.39 is 0 Å². The maximum Gasteiger partial charge on any atom is 0.217 e. The lowest BCUT2D eigenvalue weighted by Crippen LogP contribution is -2.27. The smallest absolute Gasteiger partial charge is 0.217 e. The molecule has 0 fully saturated rings. The predicted molar refractivity (Wildman–Crippen MR) is 62.8 cm³/mol. The van der Waals surface area contributed by atoms with Gasteiger partial charge in [0.05, 0.1) is 0 Å². The van der Waals surface area contributed by atoms with Crippen LogP contribution in [0.25, 0.3) is 0 Å². The molecule has 15 heavy (non-hydrogen) atoms. The zero-order chi connectivity index (χ0) is 11.4. The van der Waals surface area contributed by atoms with Gasteiger partial charge in [0, 0.05) is 12.1 Å².